The molecule has 1 aromatic heterocycles. The number of nitrogens with zero attached hydrogens (tertiary/aromatic N) is 4. The first-order valence-corrected chi connectivity index (χ1v) is 9.96. The predicted molar refractivity (Wildman–Crippen MR) is 118 cm³/mol. The van der Waals surface area contributed by atoms with Crippen LogP contribution in [-0.2, 0) is 13.0 Å². The van der Waals surface area contributed by atoms with Crippen LogP contribution in [0.5, 0.6) is 0 Å². The lowest BCUT2D eigenvalue weighted by molar-refractivity contribution is 0.0999. The largest absolute Gasteiger partial charge is 0.488 e. The van der Waals surface area contributed by atoms with E-state index >= 15 is 0 Å². The minimum Gasteiger partial charge on any atom is -0.423 e. The number of rotatable bonds is 6. The third-order valence-corrected chi connectivity index (χ3v) is 5.39. The van der Waals surface area contributed by atoms with Gasteiger partial charge in [-0.25, -0.2) is 0 Å². The molecule has 4 rings (SSSR count). The van der Waals surface area contributed by atoms with Crippen molar-refractivity contribution >= 4 is 35.9 Å². The van der Waals surface area contributed by atoms with Crippen molar-refractivity contribution in [3.8, 4) is 0 Å². The average molecular weight is 418 g/mol. The molecule has 1 aliphatic rings. The van der Waals surface area contributed by atoms with E-state index in [1.54, 1.807) is 30.3 Å². The van der Waals surface area contributed by atoms with Gasteiger partial charge in [0.15, 0.2) is 5.82 Å². The van der Waals surface area contributed by atoms with Crippen LogP contribution in [-0.4, -0.2) is 44.3 Å². The molecule has 1 unspecified atom stereocenters. The Labute approximate surface area is 180 Å². The molecule has 2 heterocycles. The number of carbonyl (C=O) groups is 1. The Morgan fingerprint density at radius 3 is 2.77 bits per heavy atom. The fourth-order valence-electron chi connectivity index (χ4n) is 3.86. The van der Waals surface area contributed by atoms with E-state index in [1.165, 1.54) is 0 Å². The second kappa shape index (κ2) is 8.33. The van der Waals surface area contributed by atoms with Crippen LogP contribution in [0.4, 0.5) is 17.5 Å². The summed E-state index contributed by atoms with van der Waals surface area (Å²) in [7, 11) is -1.52. The standard InChI is InChI=1S/C21H23BN6O3/c1-12-9-17-16(19(23)29)7-4-8-18(17)28(12)21-25-20(13(2)26-27-21)24-11-14-5-3-6-15(10-14)22(30)31/h3-8,10,12,30-31H,9,11H2,1-2H3,(H2,23,29)(H,24,25,27). The minimum absolute atomic E-state index is 0.0376. The number of hydrogen-bond acceptors (Lipinski definition) is 8. The van der Waals surface area contributed by atoms with Crippen LogP contribution >= 0.6 is 0 Å². The van der Waals surface area contributed by atoms with Crippen molar-refractivity contribution in [2.75, 3.05) is 10.2 Å². The summed E-state index contributed by atoms with van der Waals surface area (Å²) >= 11 is 0. The van der Waals surface area contributed by atoms with Gasteiger partial charge in [0.2, 0.25) is 5.91 Å². The van der Waals surface area contributed by atoms with Gasteiger partial charge in [-0.15, -0.1) is 10.2 Å². The quantitative estimate of drug-likeness (QED) is 0.429. The van der Waals surface area contributed by atoms with Gasteiger partial charge in [0.25, 0.3) is 5.95 Å². The number of amides is 1. The summed E-state index contributed by atoms with van der Waals surface area (Å²) in [5, 5.41) is 30.5. The van der Waals surface area contributed by atoms with Crippen LogP contribution in [0.15, 0.2) is 42.5 Å². The molecule has 0 saturated carbocycles. The van der Waals surface area contributed by atoms with E-state index in [1.807, 2.05) is 30.9 Å². The Morgan fingerprint density at radius 2 is 2.03 bits per heavy atom. The third-order valence-electron chi connectivity index (χ3n) is 5.39. The van der Waals surface area contributed by atoms with Crippen LogP contribution in [0.1, 0.15) is 34.1 Å². The van der Waals surface area contributed by atoms with E-state index in [-0.39, 0.29) is 6.04 Å². The van der Waals surface area contributed by atoms with Gasteiger partial charge in [-0.1, -0.05) is 30.3 Å². The third kappa shape index (κ3) is 4.07. The second-order valence-electron chi connectivity index (χ2n) is 7.61. The fraction of sp³-hybridized carbons (Fsp3) is 0.238. The van der Waals surface area contributed by atoms with Crippen LogP contribution < -0.4 is 21.4 Å². The first-order chi connectivity index (χ1) is 14.8. The molecule has 0 fully saturated rings. The molecule has 0 aliphatic carbocycles. The van der Waals surface area contributed by atoms with Gasteiger partial charge in [-0.05, 0) is 49.0 Å². The van der Waals surface area contributed by atoms with Crippen molar-refractivity contribution in [2.24, 2.45) is 5.73 Å². The van der Waals surface area contributed by atoms with Crippen LogP contribution in [0.3, 0.4) is 0 Å². The number of primary amides is 1. The van der Waals surface area contributed by atoms with Gasteiger partial charge < -0.3 is 26.0 Å². The molecule has 0 spiro atoms. The van der Waals surface area contributed by atoms with Crippen molar-refractivity contribution in [1.82, 2.24) is 15.2 Å². The van der Waals surface area contributed by atoms with Gasteiger partial charge in [-0.3, -0.25) is 4.79 Å². The highest BCUT2D eigenvalue weighted by Crippen LogP contribution is 2.38. The Kier molecular flexibility index (Phi) is 5.58. The Bertz CT molecular complexity index is 1140. The Hall–Kier alpha value is -3.50. The molecule has 0 radical (unpaired) electrons. The maximum absolute atomic E-state index is 11.8. The molecule has 5 N–H and O–H groups in total. The molecule has 1 aliphatic heterocycles. The number of hydrogen-bond donors (Lipinski definition) is 4. The molecule has 31 heavy (non-hydrogen) atoms. The van der Waals surface area contributed by atoms with Crippen molar-refractivity contribution in [2.45, 2.75) is 32.9 Å². The smallest absolute Gasteiger partial charge is 0.423 e. The number of aryl methyl sites for hydroxylation is 1. The number of aromatic nitrogens is 3. The number of nitrogens with one attached hydrogen (secondary N) is 1. The average Bonchev–Trinajstić information content (AvgIpc) is 3.09. The van der Waals surface area contributed by atoms with Gasteiger partial charge in [0.05, 0.1) is 0 Å². The Morgan fingerprint density at radius 1 is 1.26 bits per heavy atom. The van der Waals surface area contributed by atoms with Crippen molar-refractivity contribution in [3.05, 3.63) is 64.8 Å². The van der Waals surface area contributed by atoms with Crippen molar-refractivity contribution < 1.29 is 14.8 Å². The molecule has 1 atom stereocenters. The fourth-order valence-corrected chi connectivity index (χ4v) is 3.86. The monoisotopic (exact) mass is 418 g/mol. The SMILES string of the molecule is Cc1nnc(N2c3cccc(C(N)=O)c3CC2C)nc1NCc1cccc(B(O)O)c1. The summed E-state index contributed by atoms with van der Waals surface area (Å²) in [5.41, 5.74) is 9.73. The van der Waals surface area contributed by atoms with Crippen molar-refractivity contribution in [3.63, 3.8) is 0 Å². The summed E-state index contributed by atoms with van der Waals surface area (Å²) in [4.78, 5) is 18.5. The zero-order chi connectivity index (χ0) is 22.1. The molecule has 1 amide bonds. The van der Waals surface area contributed by atoms with E-state index in [4.69, 9.17) is 5.73 Å². The normalized spacial score (nSPS) is 15.0. The van der Waals surface area contributed by atoms with Crippen LogP contribution in [0.25, 0.3) is 0 Å². The minimum atomic E-state index is -1.52. The van der Waals surface area contributed by atoms with E-state index in [0.717, 1.165) is 16.8 Å². The van der Waals surface area contributed by atoms with E-state index in [2.05, 4.69) is 20.5 Å². The summed E-state index contributed by atoms with van der Waals surface area (Å²) in [5.74, 6) is 0.554. The molecule has 158 valence electrons. The molecule has 2 aromatic carbocycles. The molecule has 0 saturated heterocycles. The first kappa shape index (κ1) is 20.8. The summed E-state index contributed by atoms with van der Waals surface area (Å²) in [6.45, 7) is 4.27. The highest BCUT2D eigenvalue weighted by molar-refractivity contribution is 6.58. The number of carbonyl (C=O) groups excluding carboxylic acids is 1. The van der Waals surface area contributed by atoms with E-state index < -0.39 is 13.0 Å². The second-order valence-corrected chi connectivity index (χ2v) is 7.61. The summed E-state index contributed by atoms with van der Waals surface area (Å²) in [6, 6.07) is 12.5. The highest BCUT2D eigenvalue weighted by Gasteiger charge is 2.32. The topological polar surface area (TPSA) is 137 Å². The van der Waals surface area contributed by atoms with Gasteiger partial charge in [-0.2, -0.15) is 4.98 Å². The lowest BCUT2D eigenvalue weighted by Gasteiger charge is -2.23. The summed E-state index contributed by atoms with van der Waals surface area (Å²) in [6.07, 6.45) is 0.657. The number of benzene rings is 2. The molecular formula is C21H23BN6O3. The van der Waals surface area contributed by atoms with Crippen LogP contribution in [0.2, 0.25) is 0 Å². The first-order valence-electron chi connectivity index (χ1n) is 9.96. The van der Waals surface area contributed by atoms with E-state index in [9.17, 15) is 14.8 Å². The maximum Gasteiger partial charge on any atom is 0.488 e. The zero-order valence-electron chi connectivity index (χ0n) is 17.3. The lowest BCUT2D eigenvalue weighted by Crippen LogP contribution is -2.30. The summed E-state index contributed by atoms with van der Waals surface area (Å²) < 4.78 is 0. The molecule has 10 heteroatoms. The van der Waals surface area contributed by atoms with E-state index in [0.29, 0.717) is 41.5 Å². The number of nitrogens with two attached hydrogens (primary N) is 1. The molecule has 9 nitrogen and oxygen atoms in total. The van der Waals surface area contributed by atoms with Gasteiger partial charge in [0.1, 0.15) is 5.69 Å². The number of fused-ring (bicyclic) bond motifs is 1. The van der Waals surface area contributed by atoms with Gasteiger partial charge >= 0.3 is 7.12 Å². The highest BCUT2D eigenvalue weighted by atomic mass is 16.4. The molecular weight excluding hydrogens is 395 g/mol. The maximum atomic E-state index is 11.8. The van der Waals surface area contributed by atoms with Crippen LogP contribution in [0, 0.1) is 6.92 Å². The zero-order valence-corrected chi connectivity index (χ0v) is 17.3. The predicted octanol–water partition coefficient (Wildman–Crippen LogP) is 0.654. The number of anilines is 3. The Balaban J connectivity index is 1.61. The van der Waals surface area contributed by atoms with Crippen molar-refractivity contribution in [1.29, 1.82) is 0 Å². The molecule has 3 aromatic rings. The molecule has 0 bridgehead atoms. The lowest BCUT2D eigenvalue weighted by atomic mass is 9.80. The van der Waals surface area contributed by atoms with Gasteiger partial charge in [0, 0.05) is 23.8 Å².